The zero-order valence-electron chi connectivity index (χ0n) is 23.3. The number of piperidine rings is 2. The minimum absolute atomic E-state index is 0. The number of nitrogens with one attached hydrogen (secondary N) is 1. The summed E-state index contributed by atoms with van der Waals surface area (Å²) in [4.78, 5) is 39.9. The van der Waals surface area contributed by atoms with Gasteiger partial charge in [0.05, 0.1) is 23.5 Å². The molecule has 1 spiro atoms. The lowest BCUT2D eigenvalue weighted by Gasteiger charge is -2.42. The van der Waals surface area contributed by atoms with Crippen molar-refractivity contribution in [3.63, 3.8) is 0 Å². The maximum atomic E-state index is 12.3. The van der Waals surface area contributed by atoms with Crippen molar-refractivity contribution >= 4 is 65.0 Å². The molecule has 2 aliphatic heterocycles. The SMILES string of the molecule is C[C@@H]1C(=O)CC2(CCN(c3cnc(Sc4ccnc(Nc5ccnc(N6CCC[C@@H](O)C6)n5)c4Cl)cn3)CC2)[C@H]1N.Cl. The van der Waals surface area contributed by atoms with Gasteiger partial charge in [-0.25, -0.2) is 19.9 Å². The van der Waals surface area contributed by atoms with Gasteiger partial charge in [0.2, 0.25) is 5.95 Å². The molecule has 14 heteroatoms. The molecule has 11 nitrogen and oxygen atoms in total. The van der Waals surface area contributed by atoms with E-state index in [1.807, 2.05) is 17.9 Å². The number of rotatable bonds is 6. The lowest BCUT2D eigenvalue weighted by Crippen LogP contribution is -2.48. The Hall–Kier alpha value is -2.77. The number of nitrogens with zero attached hydrogens (tertiary/aromatic N) is 7. The molecule has 3 aromatic rings. The summed E-state index contributed by atoms with van der Waals surface area (Å²) >= 11 is 8.15. The Bertz CT molecular complexity index is 1410. The number of ketones is 1. The van der Waals surface area contributed by atoms with Crippen molar-refractivity contribution in [1.29, 1.82) is 0 Å². The molecule has 0 bridgehead atoms. The highest BCUT2D eigenvalue weighted by Gasteiger charge is 2.50. The average molecular weight is 633 g/mol. The van der Waals surface area contributed by atoms with Gasteiger partial charge in [-0.2, -0.15) is 4.98 Å². The standard InChI is InChI=1S/C28H34ClN9O2S.ClH/c1-17-19(40)13-28(25(17)30)6-11-37(12-7-28)22-14-34-23(15-33-22)41-20-4-8-31-26(24(20)29)35-21-5-9-32-27(36-21)38-10-2-3-18(39)16-38;/h4-5,8-9,14-15,17-18,25,39H,2-3,6-7,10-13,16,30H2,1H3,(H,31,32,35,36);1H/t17-,18-,25+;/m1./s1. The molecule has 1 aliphatic carbocycles. The first kappa shape index (κ1) is 30.7. The van der Waals surface area contributed by atoms with Crippen LogP contribution in [-0.2, 0) is 4.79 Å². The summed E-state index contributed by atoms with van der Waals surface area (Å²) in [7, 11) is 0. The van der Waals surface area contributed by atoms with Crippen LogP contribution in [-0.4, -0.2) is 74.1 Å². The third-order valence-electron chi connectivity index (χ3n) is 8.61. The van der Waals surface area contributed by atoms with Gasteiger partial charge in [0.15, 0.2) is 5.82 Å². The van der Waals surface area contributed by atoms with Gasteiger partial charge >= 0.3 is 0 Å². The second-order valence-electron chi connectivity index (χ2n) is 11.2. The highest BCUT2D eigenvalue weighted by atomic mass is 35.5. The quantitative estimate of drug-likeness (QED) is 0.359. The number of nitrogens with two attached hydrogens (primary N) is 1. The number of β-amino-alcohol motifs (C(OH)–C–C–N with tert-alkyl or cyclic N) is 1. The summed E-state index contributed by atoms with van der Waals surface area (Å²) in [5.74, 6) is 2.66. The van der Waals surface area contributed by atoms with Crippen LogP contribution in [0, 0.1) is 11.3 Å². The maximum Gasteiger partial charge on any atom is 0.227 e. The van der Waals surface area contributed by atoms with Gasteiger partial charge in [0, 0.05) is 61.8 Å². The molecule has 3 aliphatic rings. The van der Waals surface area contributed by atoms with Crippen LogP contribution in [0.4, 0.5) is 23.4 Å². The molecule has 5 heterocycles. The van der Waals surface area contributed by atoms with Crippen molar-refractivity contribution in [1.82, 2.24) is 24.9 Å². The molecule has 3 atom stereocenters. The Labute approximate surface area is 260 Å². The Morgan fingerprint density at radius 1 is 1.10 bits per heavy atom. The Kier molecular flexibility index (Phi) is 9.38. The molecule has 6 rings (SSSR count). The van der Waals surface area contributed by atoms with Crippen LogP contribution in [0.2, 0.25) is 5.02 Å². The van der Waals surface area contributed by atoms with E-state index < -0.39 is 0 Å². The Morgan fingerprint density at radius 2 is 1.88 bits per heavy atom. The van der Waals surface area contributed by atoms with E-state index in [0.717, 1.165) is 56.0 Å². The molecule has 4 N–H and O–H groups in total. The normalized spacial score (nSPS) is 23.6. The Balaban J connectivity index is 0.00000353. The molecular formula is C28H35Cl2N9O2S. The first-order chi connectivity index (χ1) is 19.8. The predicted octanol–water partition coefficient (Wildman–Crippen LogP) is 4.12. The zero-order chi connectivity index (χ0) is 28.6. The minimum atomic E-state index is -0.371. The zero-order valence-corrected chi connectivity index (χ0v) is 25.7. The lowest BCUT2D eigenvalue weighted by atomic mass is 9.73. The third-order valence-corrected chi connectivity index (χ3v) is 10.1. The molecule has 1 saturated carbocycles. The number of carbonyl (C=O) groups is 1. The van der Waals surface area contributed by atoms with Crippen molar-refractivity contribution in [2.75, 3.05) is 41.3 Å². The van der Waals surface area contributed by atoms with Crippen LogP contribution >= 0.6 is 35.8 Å². The first-order valence-corrected chi connectivity index (χ1v) is 15.2. The van der Waals surface area contributed by atoms with Crippen LogP contribution in [0.1, 0.15) is 39.0 Å². The smallest absolute Gasteiger partial charge is 0.227 e. The summed E-state index contributed by atoms with van der Waals surface area (Å²) in [6.07, 6.45) is 10.6. The molecule has 0 amide bonds. The number of aliphatic hydroxyl groups excluding tert-OH is 1. The second-order valence-corrected chi connectivity index (χ2v) is 12.6. The van der Waals surface area contributed by atoms with Gasteiger partial charge in [-0.05, 0) is 43.2 Å². The monoisotopic (exact) mass is 631 g/mol. The van der Waals surface area contributed by atoms with Gasteiger partial charge in [-0.15, -0.1) is 12.4 Å². The fourth-order valence-electron chi connectivity index (χ4n) is 6.11. The van der Waals surface area contributed by atoms with Gasteiger partial charge in [-0.1, -0.05) is 30.3 Å². The van der Waals surface area contributed by atoms with Crippen molar-refractivity contribution in [2.45, 2.75) is 61.1 Å². The summed E-state index contributed by atoms with van der Waals surface area (Å²) < 4.78 is 0. The van der Waals surface area contributed by atoms with E-state index in [0.29, 0.717) is 46.4 Å². The number of aliphatic hydroxyl groups is 1. The highest BCUT2D eigenvalue weighted by Crippen LogP contribution is 2.46. The predicted molar refractivity (Wildman–Crippen MR) is 166 cm³/mol. The second kappa shape index (κ2) is 12.8. The third kappa shape index (κ3) is 6.28. The van der Waals surface area contributed by atoms with E-state index in [1.54, 1.807) is 30.9 Å². The van der Waals surface area contributed by atoms with E-state index in [9.17, 15) is 9.90 Å². The largest absolute Gasteiger partial charge is 0.391 e. The molecule has 3 fully saturated rings. The van der Waals surface area contributed by atoms with Crippen LogP contribution in [0.5, 0.6) is 0 Å². The van der Waals surface area contributed by atoms with E-state index in [-0.39, 0.29) is 35.9 Å². The van der Waals surface area contributed by atoms with Gasteiger partial charge in [0.1, 0.15) is 22.4 Å². The Morgan fingerprint density at radius 3 is 2.57 bits per heavy atom. The molecule has 0 radical (unpaired) electrons. The van der Waals surface area contributed by atoms with Gasteiger partial charge < -0.3 is 26.0 Å². The number of Topliss-reactive ketones (excluding diaryl/α,β-unsaturated/α-hetero) is 1. The van der Waals surface area contributed by atoms with E-state index >= 15 is 0 Å². The number of pyridine rings is 1. The van der Waals surface area contributed by atoms with Crippen LogP contribution in [0.25, 0.3) is 0 Å². The summed E-state index contributed by atoms with van der Waals surface area (Å²) in [5, 5.41) is 14.4. The van der Waals surface area contributed by atoms with Crippen LogP contribution in [0.15, 0.2) is 46.8 Å². The lowest BCUT2D eigenvalue weighted by molar-refractivity contribution is -0.120. The topological polar surface area (TPSA) is 146 Å². The highest BCUT2D eigenvalue weighted by molar-refractivity contribution is 7.99. The van der Waals surface area contributed by atoms with Crippen molar-refractivity contribution in [3.05, 3.63) is 41.9 Å². The van der Waals surface area contributed by atoms with E-state index in [4.69, 9.17) is 17.3 Å². The molecule has 2 saturated heterocycles. The number of carbonyl (C=O) groups excluding carboxylic acids is 1. The van der Waals surface area contributed by atoms with Crippen LogP contribution in [0.3, 0.4) is 0 Å². The average Bonchev–Trinajstić information content (AvgIpc) is 3.19. The summed E-state index contributed by atoms with van der Waals surface area (Å²) in [6.45, 7) is 4.89. The molecular weight excluding hydrogens is 597 g/mol. The number of hydrogen-bond acceptors (Lipinski definition) is 12. The number of hydrogen-bond donors (Lipinski definition) is 3. The fourth-order valence-corrected chi connectivity index (χ4v) is 7.13. The minimum Gasteiger partial charge on any atom is -0.391 e. The number of halogens is 2. The van der Waals surface area contributed by atoms with Crippen molar-refractivity contribution < 1.29 is 9.90 Å². The fraction of sp³-hybridized carbons (Fsp3) is 0.500. The summed E-state index contributed by atoms with van der Waals surface area (Å²) in [5.41, 5.74) is 6.38. The van der Waals surface area contributed by atoms with Crippen LogP contribution < -0.4 is 20.9 Å². The molecule has 224 valence electrons. The molecule has 42 heavy (non-hydrogen) atoms. The van der Waals surface area contributed by atoms with Crippen molar-refractivity contribution in [2.24, 2.45) is 17.1 Å². The van der Waals surface area contributed by atoms with E-state index in [2.05, 4.69) is 35.1 Å². The molecule has 0 aromatic carbocycles. The van der Waals surface area contributed by atoms with Gasteiger partial charge in [0.25, 0.3) is 0 Å². The number of anilines is 4. The van der Waals surface area contributed by atoms with Gasteiger partial charge in [-0.3, -0.25) is 4.79 Å². The molecule has 0 unspecified atom stereocenters. The molecule has 3 aromatic heterocycles. The number of aromatic nitrogens is 5. The van der Waals surface area contributed by atoms with Crippen molar-refractivity contribution in [3.8, 4) is 0 Å². The first-order valence-electron chi connectivity index (χ1n) is 14.0. The van der Waals surface area contributed by atoms with E-state index in [1.165, 1.54) is 11.8 Å². The maximum absolute atomic E-state index is 12.3. The summed E-state index contributed by atoms with van der Waals surface area (Å²) in [6, 6.07) is 3.53.